The Morgan fingerprint density at radius 2 is 2.08 bits per heavy atom. The van der Waals surface area contributed by atoms with Gasteiger partial charge in [-0.05, 0) is 37.9 Å². The summed E-state index contributed by atoms with van der Waals surface area (Å²) < 4.78 is 0.976. The second-order valence-electron chi connectivity index (χ2n) is 2.98. The summed E-state index contributed by atoms with van der Waals surface area (Å²) in [5, 5.41) is 9.53. The lowest BCUT2D eigenvalue weighted by Crippen LogP contribution is -1.99. The predicted molar refractivity (Wildman–Crippen MR) is 57.8 cm³/mol. The largest absolute Gasteiger partial charge is 0.508 e. The van der Waals surface area contributed by atoms with Crippen LogP contribution in [0.15, 0.2) is 22.7 Å². The van der Waals surface area contributed by atoms with E-state index >= 15 is 0 Å². The summed E-state index contributed by atoms with van der Waals surface area (Å²) in [5.74, 6) is 0.367. The Labute approximate surface area is 86.9 Å². The third-order valence-corrected chi connectivity index (χ3v) is 2.72. The fraction of sp³-hybridized carbons (Fsp3) is 0.400. The van der Waals surface area contributed by atoms with E-state index in [9.17, 15) is 5.11 Å². The number of benzene rings is 1. The van der Waals surface area contributed by atoms with Gasteiger partial charge < -0.3 is 10.8 Å². The Bertz CT molecular complexity index is 255. The maximum absolute atomic E-state index is 9.53. The molecule has 3 N–H and O–H groups in total. The maximum Gasteiger partial charge on any atom is 0.119 e. The van der Waals surface area contributed by atoms with E-state index in [1.807, 2.05) is 12.1 Å². The van der Waals surface area contributed by atoms with Crippen LogP contribution in [0.25, 0.3) is 0 Å². The Morgan fingerprint density at radius 3 is 2.69 bits per heavy atom. The zero-order valence-corrected chi connectivity index (χ0v) is 9.05. The van der Waals surface area contributed by atoms with Gasteiger partial charge in [-0.15, -0.1) is 0 Å². The molecular formula is C10H14BrNO. The monoisotopic (exact) mass is 243 g/mol. The molecule has 1 aromatic rings. The van der Waals surface area contributed by atoms with Crippen LogP contribution in [0, 0.1) is 0 Å². The Morgan fingerprint density at radius 1 is 1.31 bits per heavy atom. The normalized spacial score (nSPS) is 10.3. The number of nitrogens with two attached hydrogens (primary N) is 1. The minimum atomic E-state index is 0.367. The van der Waals surface area contributed by atoms with Gasteiger partial charge in [-0.1, -0.05) is 22.0 Å². The van der Waals surface area contributed by atoms with E-state index in [1.165, 1.54) is 0 Å². The summed E-state index contributed by atoms with van der Waals surface area (Å²) in [6.07, 6.45) is 2.90. The van der Waals surface area contributed by atoms with Crippen molar-refractivity contribution in [2.24, 2.45) is 5.73 Å². The summed E-state index contributed by atoms with van der Waals surface area (Å²) in [7, 11) is 0. The fourth-order valence-electron chi connectivity index (χ4n) is 1.24. The highest BCUT2D eigenvalue weighted by molar-refractivity contribution is 9.10. The van der Waals surface area contributed by atoms with Crippen LogP contribution in [0.4, 0.5) is 0 Å². The molecule has 3 heteroatoms. The van der Waals surface area contributed by atoms with Crippen LogP contribution in [-0.2, 0) is 6.42 Å². The number of hydrogen-bond acceptors (Lipinski definition) is 2. The number of phenols is 1. The lowest BCUT2D eigenvalue weighted by molar-refractivity contribution is 0.466. The molecular weight excluding hydrogens is 230 g/mol. The van der Waals surface area contributed by atoms with E-state index in [0.29, 0.717) is 12.3 Å². The molecule has 0 unspecified atom stereocenters. The van der Waals surface area contributed by atoms with Gasteiger partial charge >= 0.3 is 0 Å². The van der Waals surface area contributed by atoms with Gasteiger partial charge in [0.1, 0.15) is 5.75 Å². The van der Waals surface area contributed by atoms with Crippen molar-refractivity contribution in [2.75, 3.05) is 6.54 Å². The molecule has 0 atom stereocenters. The average molecular weight is 244 g/mol. The second kappa shape index (κ2) is 5.25. The number of halogens is 1. The lowest BCUT2D eigenvalue weighted by atomic mass is 10.1. The third kappa shape index (κ3) is 3.01. The molecule has 0 amide bonds. The first kappa shape index (κ1) is 10.5. The van der Waals surface area contributed by atoms with Gasteiger partial charge in [0.2, 0.25) is 0 Å². The van der Waals surface area contributed by atoms with E-state index in [2.05, 4.69) is 15.9 Å². The highest BCUT2D eigenvalue weighted by Gasteiger charge is 2.04. The first-order chi connectivity index (χ1) is 6.25. The highest BCUT2D eigenvalue weighted by atomic mass is 79.9. The Kier molecular flexibility index (Phi) is 4.25. The Hall–Kier alpha value is -0.540. The van der Waals surface area contributed by atoms with Gasteiger partial charge in [0.25, 0.3) is 0 Å². The minimum absolute atomic E-state index is 0.367. The zero-order valence-electron chi connectivity index (χ0n) is 7.46. The summed E-state index contributed by atoms with van der Waals surface area (Å²) >= 11 is 3.41. The predicted octanol–water partition coefficient (Wildman–Crippen LogP) is 2.44. The van der Waals surface area contributed by atoms with Crippen molar-refractivity contribution >= 4 is 15.9 Å². The molecule has 2 nitrogen and oxygen atoms in total. The van der Waals surface area contributed by atoms with Gasteiger partial charge in [0.05, 0.1) is 0 Å². The molecule has 0 aliphatic rings. The molecule has 0 aromatic heterocycles. The number of rotatable bonds is 4. The molecule has 0 aliphatic carbocycles. The van der Waals surface area contributed by atoms with Crippen LogP contribution in [0.5, 0.6) is 5.75 Å². The molecule has 1 aromatic carbocycles. The molecule has 0 radical (unpaired) electrons. The smallest absolute Gasteiger partial charge is 0.119 e. The van der Waals surface area contributed by atoms with Gasteiger partial charge in [-0.3, -0.25) is 0 Å². The van der Waals surface area contributed by atoms with Crippen molar-refractivity contribution in [3.05, 3.63) is 28.2 Å². The van der Waals surface area contributed by atoms with Crippen molar-refractivity contribution in [3.8, 4) is 5.75 Å². The van der Waals surface area contributed by atoms with Gasteiger partial charge in [0, 0.05) is 10.0 Å². The molecule has 0 bridgehead atoms. The number of hydrogen-bond donors (Lipinski definition) is 2. The second-order valence-corrected chi connectivity index (χ2v) is 3.84. The van der Waals surface area contributed by atoms with E-state index in [1.54, 1.807) is 6.07 Å². The molecule has 1 rings (SSSR count). The van der Waals surface area contributed by atoms with E-state index in [0.717, 1.165) is 29.3 Å². The number of aromatic hydroxyl groups is 1. The first-order valence-corrected chi connectivity index (χ1v) is 5.21. The molecule has 0 heterocycles. The first-order valence-electron chi connectivity index (χ1n) is 4.42. The van der Waals surface area contributed by atoms with Gasteiger partial charge in [-0.2, -0.15) is 0 Å². The third-order valence-electron chi connectivity index (χ3n) is 1.98. The summed E-state index contributed by atoms with van der Waals surface area (Å²) in [6.45, 7) is 0.714. The van der Waals surface area contributed by atoms with Crippen molar-refractivity contribution in [2.45, 2.75) is 19.3 Å². The van der Waals surface area contributed by atoms with Crippen LogP contribution < -0.4 is 5.73 Å². The lowest BCUT2D eigenvalue weighted by Gasteiger charge is -2.05. The highest BCUT2D eigenvalue weighted by Crippen LogP contribution is 2.26. The average Bonchev–Trinajstić information content (AvgIpc) is 2.10. The molecule has 0 fully saturated rings. The summed E-state index contributed by atoms with van der Waals surface area (Å²) in [6, 6.07) is 5.48. The summed E-state index contributed by atoms with van der Waals surface area (Å²) in [5.41, 5.74) is 6.38. The van der Waals surface area contributed by atoms with Gasteiger partial charge in [0.15, 0.2) is 0 Å². The fourth-order valence-corrected chi connectivity index (χ4v) is 1.79. The van der Waals surface area contributed by atoms with Crippen LogP contribution in [0.2, 0.25) is 0 Å². The van der Waals surface area contributed by atoms with Crippen molar-refractivity contribution in [1.82, 2.24) is 0 Å². The zero-order chi connectivity index (χ0) is 9.68. The molecule has 0 spiro atoms. The van der Waals surface area contributed by atoms with Crippen molar-refractivity contribution < 1.29 is 5.11 Å². The topological polar surface area (TPSA) is 46.2 Å². The molecule has 0 aliphatic heterocycles. The molecule has 72 valence electrons. The molecule has 13 heavy (non-hydrogen) atoms. The van der Waals surface area contributed by atoms with Crippen LogP contribution >= 0.6 is 15.9 Å². The Balaban J connectivity index is 2.64. The number of phenolic OH excluding ortho intramolecular Hbond substituents is 1. The quantitative estimate of drug-likeness (QED) is 0.799. The van der Waals surface area contributed by atoms with Gasteiger partial charge in [-0.25, -0.2) is 0 Å². The molecule has 0 saturated carbocycles. The number of unbranched alkanes of at least 4 members (excludes halogenated alkanes) is 1. The standard InChI is InChI=1S/C10H14BrNO/c11-9-5-3-6-10(13)8(9)4-1-2-7-12/h3,5-6,13H,1-2,4,7,12H2. The van der Waals surface area contributed by atoms with E-state index < -0.39 is 0 Å². The van der Waals surface area contributed by atoms with Crippen molar-refractivity contribution in [1.29, 1.82) is 0 Å². The van der Waals surface area contributed by atoms with Crippen LogP contribution in [0.1, 0.15) is 18.4 Å². The minimum Gasteiger partial charge on any atom is -0.508 e. The SMILES string of the molecule is NCCCCc1c(O)cccc1Br. The van der Waals surface area contributed by atoms with Crippen molar-refractivity contribution in [3.63, 3.8) is 0 Å². The summed E-state index contributed by atoms with van der Waals surface area (Å²) in [4.78, 5) is 0. The molecule has 0 saturated heterocycles. The van der Waals surface area contributed by atoms with Crippen LogP contribution in [0.3, 0.4) is 0 Å². The van der Waals surface area contributed by atoms with Crippen LogP contribution in [-0.4, -0.2) is 11.7 Å². The van der Waals surface area contributed by atoms with E-state index in [4.69, 9.17) is 5.73 Å². The van der Waals surface area contributed by atoms with E-state index in [-0.39, 0.29) is 0 Å². The maximum atomic E-state index is 9.53.